The summed E-state index contributed by atoms with van der Waals surface area (Å²) in [7, 11) is 0. The quantitative estimate of drug-likeness (QED) is 0.0651. The van der Waals surface area contributed by atoms with Gasteiger partial charge in [0.15, 0.2) is 12.1 Å². The van der Waals surface area contributed by atoms with Crippen LogP contribution in [0.1, 0.15) is 150 Å². The van der Waals surface area contributed by atoms with E-state index in [1.54, 1.807) is 20.8 Å². The van der Waals surface area contributed by atoms with Gasteiger partial charge in [0.25, 0.3) is 0 Å². The fraction of sp³-hybridized carbons (Fsp3) is 0.844. The molecule has 0 aliphatic heterocycles. The first-order valence-corrected chi connectivity index (χ1v) is 15.9. The molecule has 0 aromatic heterocycles. The zero-order chi connectivity index (χ0) is 29.5. The van der Waals surface area contributed by atoms with Gasteiger partial charge in [0.1, 0.15) is 6.04 Å². The zero-order valence-electron chi connectivity index (χ0n) is 25.5. The van der Waals surface area contributed by atoms with Gasteiger partial charge in [0.2, 0.25) is 0 Å². The summed E-state index contributed by atoms with van der Waals surface area (Å²) in [6.07, 6.45) is 23.8. The van der Waals surface area contributed by atoms with Gasteiger partial charge >= 0.3 is 11.9 Å². The Morgan fingerprint density at radius 3 is 1.28 bits per heavy atom. The predicted octanol–water partition coefficient (Wildman–Crippen LogP) is 6.88. The molecule has 0 spiro atoms. The van der Waals surface area contributed by atoms with E-state index in [9.17, 15) is 29.7 Å². The van der Waals surface area contributed by atoms with Gasteiger partial charge in [-0.25, -0.2) is 9.59 Å². The molecular formula is C32H59NO6. The third-order valence-corrected chi connectivity index (χ3v) is 8.28. The van der Waals surface area contributed by atoms with Crippen LogP contribution in [0.3, 0.4) is 0 Å². The third-order valence-electron chi connectivity index (χ3n) is 8.28. The largest absolute Gasteiger partial charge is 0.544 e. The SMILES string of the molecule is CCC/C=C/CCCCCCCCCCCCCCC[N+](C(CC)C(=O)[O-])(C(CC)C(=O)O)C(CC)C(=O)O. The molecule has 0 aromatic carbocycles. The highest BCUT2D eigenvalue weighted by Gasteiger charge is 2.53. The van der Waals surface area contributed by atoms with Crippen molar-refractivity contribution in [2.24, 2.45) is 0 Å². The van der Waals surface area contributed by atoms with Crippen LogP contribution in [0, 0.1) is 0 Å². The molecule has 0 saturated heterocycles. The normalized spacial score (nSPS) is 15.6. The van der Waals surface area contributed by atoms with E-state index in [2.05, 4.69) is 19.1 Å². The summed E-state index contributed by atoms with van der Waals surface area (Å²) < 4.78 is -0.466. The first-order valence-electron chi connectivity index (χ1n) is 15.9. The number of unbranched alkanes of at least 4 members (excludes halogenated alkanes) is 14. The second-order valence-electron chi connectivity index (χ2n) is 11.1. The van der Waals surface area contributed by atoms with E-state index in [0.717, 1.165) is 19.3 Å². The topological polar surface area (TPSA) is 115 Å². The summed E-state index contributed by atoms with van der Waals surface area (Å²) in [5.41, 5.74) is 0. The van der Waals surface area contributed by atoms with E-state index in [1.807, 2.05) is 0 Å². The van der Waals surface area contributed by atoms with Crippen molar-refractivity contribution in [3.63, 3.8) is 0 Å². The first kappa shape index (κ1) is 37.1. The van der Waals surface area contributed by atoms with Crippen LogP contribution in [0.4, 0.5) is 0 Å². The van der Waals surface area contributed by atoms with Gasteiger partial charge < -0.3 is 20.1 Å². The van der Waals surface area contributed by atoms with Crippen LogP contribution in [0.15, 0.2) is 12.2 Å². The summed E-state index contributed by atoms with van der Waals surface area (Å²) in [5.74, 6) is -3.65. The summed E-state index contributed by atoms with van der Waals surface area (Å²) in [5, 5.41) is 32.1. The van der Waals surface area contributed by atoms with E-state index in [4.69, 9.17) is 0 Å². The maximum absolute atomic E-state index is 12.2. The Morgan fingerprint density at radius 1 is 0.590 bits per heavy atom. The second-order valence-corrected chi connectivity index (χ2v) is 11.1. The van der Waals surface area contributed by atoms with Crippen LogP contribution in [0.5, 0.6) is 0 Å². The second kappa shape index (κ2) is 22.9. The number of quaternary nitrogens is 1. The summed E-state index contributed by atoms with van der Waals surface area (Å²) >= 11 is 0. The van der Waals surface area contributed by atoms with Gasteiger partial charge in [0.05, 0.1) is 12.5 Å². The van der Waals surface area contributed by atoms with Gasteiger partial charge in [-0.2, -0.15) is 0 Å². The van der Waals surface area contributed by atoms with E-state index in [0.29, 0.717) is 6.42 Å². The minimum atomic E-state index is -1.36. The Labute approximate surface area is 238 Å². The Hall–Kier alpha value is -1.89. The number of carboxylic acids is 3. The number of carbonyl (C=O) groups is 3. The predicted molar refractivity (Wildman–Crippen MR) is 156 cm³/mol. The Morgan fingerprint density at radius 2 is 0.949 bits per heavy atom. The van der Waals surface area contributed by atoms with E-state index >= 15 is 0 Å². The molecule has 0 fully saturated rings. The molecule has 0 amide bonds. The number of hydrogen-bond donors (Lipinski definition) is 2. The maximum atomic E-state index is 12.2. The summed E-state index contributed by atoms with van der Waals surface area (Å²) in [6.45, 7) is 7.48. The number of nitrogens with zero attached hydrogens (tertiary/aromatic N) is 1. The molecule has 0 saturated carbocycles. The molecule has 2 N–H and O–H groups in total. The molecule has 0 heterocycles. The fourth-order valence-corrected chi connectivity index (χ4v) is 6.26. The molecule has 0 aromatic rings. The van der Waals surface area contributed by atoms with E-state index in [1.165, 1.54) is 77.0 Å². The lowest BCUT2D eigenvalue weighted by Crippen LogP contribution is -2.73. The van der Waals surface area contributed by atoms with Crippen LogP contribution in [-0.2, 0) is 14.4 Å². The third kappa shape index (κ3) is 13.8. The van der Waals surface area contributed by atoms with Gasteiger partial charge in [0, 0.05) is 19.3 Å². The molecule has 0 aliphatic carbocycles. The van der Waals surface area contributed by atoms with E-state index in [-0.39, 0.29) is 25.8 Å². The molecule has 0 bridgehead atoms. The molecule has 3 unspecified atom stereocenters. The lowest BCUT2D eigenvalue weighted by Gasteiger charge is -2.51. The Kier molecular flexibility index (Phi) is 21.8. The molecule has 39 heavy (non-hydrogen) atoms. The highest BCUT2D eigenvalue weighted by Crippen LogP contribution is 2.32. The van der Waals surface area contributed by atoms with Crippen molar-refractivity contribution in [3.05, 3.63) is 12.2 Å². The maximum Gasteiger partial charge on any atom is 0.362 e. The highest BCUT2D eigenvalue weighted by atomic mass is 16.4. The van der Waals surface area contributed by atoms with Crippen LogP contribution in [0.2, 0.25) is 0 Å². The number of aliphatic carboxylic acids is 3. The zero-order valence-corrected chi connectivity index (χ0v) is 25.5. The van der Waals surface area contributed by atoms with Gasteiger partial charge in [-0.1, -0.05) is 110 Å². The number of allylic oxidation sites excluding steroid dienone is 2. The Bertz CT molecular complexity index is 637. The highest BCUT2D eigenvalue weighted by molar-refractivity contribution is 5.77. The Balaban J connectivity index is 4.55. The van der Waals surface area contributed by atoms with Crippen LogP contribution in [-0.4, -0.2) is 57.3 Å². The minimum Gasteiger partial charge on any atom is -0.544 e. The molecule has 0 radical (unpaired) electrons. The number of rotatable bonds is 27. The van der Waals surface area contributed by atoms with Crippen LogP contribution < -0.4 is 5.11 Å². The van der Waals surface area contributed by atoms with Gasteiger partial charge in [-0.05, 0) is 32.1 Å². The number of carbonyl (C=O) groups excluding carboxylic acids is 1. The van der Waals surface area contributed by atoms with Crippen molar-refractivity contribution >= 4 is 17.9 Å². The van der Waals surface area contributed by atoms with Crippen molar-refractivity contribution in [1.82, 2.24) is 0 Å². The minimum absolute atomic E-state index is 0.131. The molecule has 228 valence electrons. The summed E-state index contributed by atoms with van der Waals surface area (Å²) in [4.78, 5) is 36.6. The average molecular weight is 554 g/mol. The van der Waals surface area contributed by atoms with Gasteiger partial charge in [-0.15, -0.1) is 0 Å². The molecule has 0 rings (SSSR count). The number of hydrogen-bond acceptors (Lipinski definition) is 4. The van der Waals surface area contributed by atoms with Crippen molar-refractivity contribution in [3.8, 4) is 0 Å². The van der Waals surface area contributed by atoms with Crippen LogP contribution >= 0.6 is 0 Å². The molecular weight excluding hydrogens is 494 g/mol. The molecule has 0 aliphatic rings. The first-order chi connectivity index (χ1) is 18.7. The fourth-order valence-electron chi connectivity index (χ4n) is 6.26. The monoisotopic (exact) mass is 553 g/mol. The van der Waals surface area contributed by atoms with Crippen molar-refractivity contribution in [2.45, 2.75) is 168 Å². The van der Waals surface area contributed by atoms with Crippen molar-refractivity contribution in [1.29, 1.82) is 0 Å². The standard InChI is InChI=1S/C32H59NO6/c1-5-9-10-11-12-13-14-15-16-17-18-19-20-21-22-23-24-25-26-33(27(6-2)30(34)35,28(7-3)31(36)37)29(8-4)32(38)39/h10-11,27-29H,5-9,12-26H2,1-4H3,(H2-,34,35,36,37,38,39)/b11-10+. The molecule has 7 nitrogen and oxygen atoms in total. The lowest BCUT2D eigenvalue weighted by atomic mass is 9.93. The smallest absolute Gasteiger partial charge is 0.362 e. The number of carboxylic acid groups (broad SMARTS) is 3. The molecule has 7 heteroatoms. The van der Waals surface area contributed by atoms with Crippen molar-refractivity contribution in [2.75, 3.05) is 6.54 Å². The summed E-state index contributed by atoms with van der Waals surface area (Å²) in [6, 6.07) is -3.37. The average Bonchev–Trinajstić information content (AvgIpc) is 2.88. The van der Waals surface area contributed by atoms with Crippen LogP contribution in [0.25, 0.3) is 0 Å². The van der Waals surface area contributed by atoms with Gasteiger partial charge in [-0.3, -0.25) is 4.48 Å². The van der Waals surface area contributed by atoms with Crippen molar-refractivity contribution < 1.29 is 34.2 Å². The molecule has 3 atom stereocenters. The lowest BCUT2D eigenvalue weighted by molar-refractivity contribution is -0.974. The van der Waals surface area contributed by atoms with E-state index < -0.39 is 40.5 Å².